The quantitative estimate of drug-likeness (QED) is 0.172. The molecule has 0 aliphatic rings. The molecule has 0 aliphatic heterocycles. The molecule has 4 heteroatoms. The van der Waals surface area contributed by atoms with Crippen LogP contribution in [0.5, 0.6) is 0 Å². The Labute approximate surface area is 313 Å². The molecule has 12 aromatic rings. The number of thiophene rings is 1. The second-order valence-electron chi connectivity index (χ2n) is 14.1. The molecule has 0 fully saturated rings. The molecular weight excluding hydrogens is 677 g/mol. The van der Waals surface area contributed by atoms with Gasteiger partial charge in [-0.2, -0.15) is 0 Å². The van der Waals surface area contributed by atoms with Crippen LogP contribution < -0.4 is 0 Å². The number of benzene rings is 9. The van der Waals surface area contributed by atoms with Gasteiger partial charge in [0.2, 0.25) is 0 Å². The summed E-state index contributed by atoms with van der Waals surface area (Å²) in [4.78, 5) is 10.8. The first-order valence-electron chi connectivity index (χ1n) is 18.2. The van der Waals surface area contributed by atoms with Crippen molar-refractivity contribution in [1.82, 2.24) is 9.97 Å². The average Bonchev–Trinajstić information content (AvgIpc) is 3.80. The zero-order chi connectivity index (χ0) is 35.3. The van der Waals surface area contributed by atoms with Crippen molar-refractivity contribution in [3.05, 3.63) is 170 Å². The first-order chi connectivity index (χ1) is 26.7. The van der Waals surface area contributed by atoms with Crippen molar-refractivity contribution in [3.8, 4) is 33.8 Å². The summed E-state index contributed by atoms with van der Waals surface area (Å²) in [6.45, 7) is 0. The van der Waals surface area contributed by atoms with E-state index in [-0.39, 0.29) is 0 Å². The van der Waals surface area contributed by atoms with Crippen LogP contribution in [0.3, 0.4) is 0 Å². The first-order valence-corrected chi connectivity index (χ1v) is 19.0. The predicted molar refractivity (Wildman–Crippen MR) is 229 cm³/mol. The van der Waals surface area contributed by atoms with Crippen LogP contribution in [0.15, 0.2) is 174 Å². The van der Waals surface area contributed by atoms with Crippen LogP contribution in [0.2, 0.25) is 0 Å². The molecule has 0 atom stereocenters. The van der Waals surface area contributed by atoms with Gasteiger partial charge in [-0.15, -0.1) is 11.3 Å². The lowest BCUT2D eigenvalue weighted by Gasteiger charge is -2.13. The van der Waals surface area contributed by atoms with E-state index >= 15 is 0 Å². The van der Waals surface area contributed by atoms with Gasteiger partial charge in [0, 0.05) is 26.4 Å². The standard InChI is InChI=1S/C50H28N2OS/c1-2-12-29(13-3-1)46-49-47(39-20-10-11-21-45(39)54-49)52-50(51-46)43-27-33(26-42-41-25-30-14-4-5-15-31(30)28-44(41)53-48(42)43)32-22-23-38-36-18-7-6-16-34(36)35-17-8-9-19-37(35)40(38)24-32/h1-28H. The van der Waals surface area contributed by atoms with Crippen molar-refractivity contribution < 1.29 is 4.42 Å². The van der Waals surface area contributed by atoms with Gasteiger partial charge < -0.3 is 4.42 Å². The van der Waals surface area contributed by atoms with Crippen LogP contribution in [0.1, 0.15) is 0 Å². The van der Waals surface area contributed by atoms with Gasteiger partial charge in [0.15, 0.2) is 5.82 Å². The first kappa shape index (κ1) is 29.7. The summed E-state index contributed by atoms with van der Waals surface area (Å²) in [5.41, 5.74) is 7.70. The third-order valence-electron chi connectivity index (χ3n) is 11.0. The molecule has 0 bridgehead atoms. The number of hydrogen-bond acceptors (Lipinski definition) is 4. The Kier molecular flexibility index (Phi) is 6.21. The maximum Gasteiger partial charge on any atom is 0.164 e. The summed E-state index contributed by atoms with van der Waals surface area (Å²) in [5, 5.41) is 13.1. The molecule has 0 amide bonds. The SMILES string of the molecule is c1ccc(-c2nc(-c3cc(-c4ccc5c6ccccc6c6ccccc6c5c4)cc4c3oc3cc5ccccc5cc34)nc3c2sc2ccccc23)cc1. The number of fused-ring (bicyclic) bond motifs is 13. The summed E-state index contributed by atoms with van der Waals surface area (Å²) in [6, 6.07) is 60.8. The Morgan fingerprint density at radius 2 is 1.02 bits per heavy atom. The average molecular weight is 705 g/mol. The van der Waals surface area contributed by atoms with E-state index in [4.69, 9.17) is 14.4 Å². The lowest BCUT2D eigenvalue weighted by atomic mass is 9.91. The molecule has 3 aromatic heterocycles. The zero-order valence-electron chi connectivity index (χ0n) is 28.9. The molecule has 12 rings (SSSR count). The molecule has 9 aromatic carbocycles. The minimum atomic E-state index is 0.651. The van der Waals surface area contributed by atoms with Gasteiger partial charge in [0.05, 0.1) is 21.5 Å². The number of nitrogens with zero attached hydrogens (tertiary/aromatic N) is 2. The highest BCUT2D eigenvalue weighted by Crippen LogP contribution is 2.44. The van der Waals surface area contributed by atoms with E-state index < -0.39 is 0 Å². The fourth-order valence-corrected chi connectivity index (χ4v) is 9.64. The van der Waals surface area contributed by atoms with Gasteiger partial charge in [-0.1, -0.05) is 133 Å². The van der Waals surface area contributed by atoms with E-state index in [1.54, 1.807) is 11.3 Å². The maximum atomic E-state index is 6.86. The highest BCUT2D eigenvalue weighted by molar-refractivity contribution is 7.26. The van der Waals surface area contributed by atoms with E-state index in [9.17, 15) is 0 Å². The molecule has 0 saturated heterocycles. The molecule has 3 nitrogen and oxygen atoms in total. The fraction of sp³-hybridized carbons (Fsp3) is 0. The van der Waals surface area contributed by atoms with Gasteiger partial charge in [-0.3, -0.25) is 0 Å². The van der Waals surface area contributed by atoms with Crippen LogP contribution in [0.4, 0.5) is 0 Å². The van der Waals surface area contributed by atoms with E-state index in [1.807, 2.05) is 0 Å². The van der Waals surface area contributed by atoms with Gasteiger partial charge in [-0.25, -0.2) is 9.97 Å². The highest BCUT2D eigenvalue weighted by atomic mass is 32.1. The highest BCUT2D eigenvalue weighted by Gasteiger charge is 2.22. The van der Waals surface area contributed by atoms with Crippen molar-refractivity contribution >= 4 is 96.7 Å². The monoisotopic (exact) mass is 704 g/mol. The lowest BCUT2D eigenvalue weighted by Crippen LogP contribution is -1.94. The van der Waals surface area contributed by atoms with Gasteiger partial charge in [0.1, 0.15) is 11.2 Å². The van der Waals surface area contributed by atoms with Gasteiger partial charge in [-0.05, 0) is 90.6 Å². The normalized spacial score (nSPS) is 12.1. The third kappa shape index (κ3) is 4.35. The zero-order valence-corrected chi connectivity index (χ0v) is 29.7. The maximum absolute atomic E-state index is 6.86. The van der Waals surface area contributed by atoms with Crippen LogP contribution in [0, 0.1) is 0 Å². The minimum Gasteiger partial charge on any atom is -0.455 e. The number of furan rings is 1. The third-order valence-corrected chi connectivity index (χ3v) is 12.2. The van der Waals surface area contributed by atoms with Gasteiger partial charge >= 0.3 is 0 Å². The molecule has 0 aliphatic carbocycles. The molecule has 0 unspecified atom stereocenters. The summed E-state index contributed by atoms with van der Waals surface area (Å²) in [5.74, 6) is 0.651. The Hall–Kier alpha value is -6.88. The molecule has 0 radical (unpaired) electrons. The van der Waals surface area contributed by atoms with Crippen LogP contribution >= 0.6 is 11.3 Å². The molecular formula is C50H28N2OS. The Bertz CT molecular complexity index is 3470. The second-order valence-corrected chi connectivity index (χ2v) is 15.1. The van der Waals surface area contributed by atoms with Crippen LogP contribution in [-0.4, -0.2) is 9.97 Å². The van der Waals surface area contributed by atoms with Crippen molar-refractivity contribution in [2.45, 2.75) is 0 Å². The summed E-state index contributed by atoms with van der Waals surface area (Å²) >= 11 is 1.75. The summed E-state index contributed by atoms with van der Waals surface area (Å²) in [7, 11) is 0. The smallest absolute Gasteiger partial charge is 0.164 e. The predicted octanol–water partition coefficient (Wildman–Crippen LogP) is 14.4. The van der Waals surface area contributed by atoms with Crippen molar-refractivity contribution in [2.75, 3.05) is 0 Å². The molecule has 0 spiro atoms. The van der Waals surface area contributed by atoms with Crippen molar-refractivity contribution in [1.29, 1.82) is 0 Å². The Balaban J connectivity index is 1.19. The number of rotatable bonds is 3. The molecule has 0 saturated carbocycles. The second kappa shape index (κ2) is 11.3. The topological polar surface area (TPSA) is 38.9 Å². The molecule has 3 heterocycles. The van der Waals surface area contributed by atoms with Gasteiger partial charge in [0.25, 0.3) is 0 Å². The van der Waals surface area contributed by atoms with E-state index in [0.29, 0.717) is 5.82 Å². The van der Waals surface area contributed by atoms with E-state index in [1.165, 1.54) is 42.4 Å². The van der Waals surface area contributed by atoms with Crippen molar-refractivity contribution in [2.24, 2.45) is 0 Å². The molecule has 54 heavy (non-hydrogen) atoms. The minimum absolute atomic E-state index is 0.651. The van der Waals surface area contributed by atoms with E-state index in [0.717, 1.165) is 70.9 Å². The van der Waals surface area contributed by atoms with Crippen LogP contribution in [-0.2, 0) is 0 Å². The summed E-state index contributed by atoms with van der Waals surface area (Å²) < 4.78 is 9.14. The largest absolute Gasteiger partial charge is 0.455 e. The fourth-order valence-electron chi connectivity index (χ4n) is 8.49. The van der Waals surface area contributed by atoms with E-state index in [2.05, 4.69) is 170 Å². The molecule has 0 N–H and O–H groups in total. The van der Waals surface area contributed by atoms with Crippen molar-refractivity contribution in [3.63, 3.8) is 0 Å². The number of hydrogen-bond donors (Lipinski definition) is 0. The molecule has 250 valence electrons. The van der Waals surface area contributed by atoms with Crippen LogP contribution in [0.25, 0.3) is 119 Å². The Morgan fingerprint density at radius 1 is 0.407 bits per heavy atom. The summed E-state index contributed by atoms with van der Waals surface area (Å²) in [6.07, 6.45) is 0. The Morgan fingerprint density at radius 3 is 1.78 bits per heavy atom. The lowest BCUT2D eigenvalue weighted by molar-refractivity contribution is 0.670. The number of aromatic nitrogens is 2.